The third kappa shape index (κ3) is 2.41. The summed E-state index contributed by atoms with van der Waals surface area (Å²) in [7, 11) is 3.35. The third-order valence-corrected chi connectivity index (χ3v) is 4.55. The van der Waals surface area contributed by atoms with Crippen LogP contribution in [0.1, 0.15) is 25.3 Å². The molecule has 1 unspecified atom stereocenters. The topological polar surface area (TPSA) is 60.1 Å². The van der Waals surface area contributed by atoms with Crippen LogP contribution in [0.25, 0.3) is 0 Å². The Morgan fingerprint density at radius 1 is 1.33 bits per heavy atom. The molecule has 0 spiro atoms. The van der Waals surface area contributed by atoms with Gasteiger partial charge in [-0.2, -0.15) is 0 Å². The van der Waals surface area contributed by atoms with E-state index in [1.54, 1.807) is 14.2 Å². The summed E-state index contributed by atoms with van der Waals surface area (Å²) in [5.74, 6) is 3.00. The summed E-state index contributed by atoms with van der Waals surface area (Å²) in [6.07, 6.45) is 2.58. The van der Waals surface area contributed by atoms with E-state index in [-0.39, 0.29) is 5.54 Å². The fourth-order valence-corrected chi connectivity index (χ4v) is 2.99. The minimum Gasteiger partial charge on any atom is -0.497 e. The number of hydrogen-bond acceptors (Lipinski definition) is 5. The SMILES string of the molecule is COc1ccc(C2(C)CN=C(N)N2CC2CC2)c(OC)c1. The Morgan fingerprint density at radius 2 is 2.10 bits per heavy atom. The van der Waals surface area contributed by atoms with Gasteiger partial charge in [-0.25, -0.2) is 0 Å². The van der Waals surface area contributed by atoms with Gasteiger partial charge in [0.1, 0.15) is 11.5 Å². The van der Waals surface area contributed by atoms with Gasteiger partial charge in [0.2, 0.25) is 0 Å². The first kappa shape index (κ1) is 14.0. The predicted molar refractivity (Wildman–Crippen MR) is 82.8 cm³/mol. The number of ether oxygens (including phenoxy) is 2. The van der Waals surface area contributed by atoms with E-state index in [9.17, 15) is 0 Å². The third-order valence-electron chi connectivity index (χ3n) is 4.55. The molecule has 5 heteroatoms. The number of nitrogens with two attached hydrogens (primary N) is 1. The molecule has 5 nitrogen and oxygen atoms in total. The van der Waals surface area contributed by atoms with Crippen molar-refractivity contribution in [2.75, 3.05) is 27.3 Å². The lowest BCUT2D eigenvalue weighted by molar-refractivity contribution is 0.210. The number of benzene rings is 1. The maximum atomic E-state index is 6.13. The lowest BCUT2D eigenvalue weighted by Crippen LogP contribution is -2.48. The minimum absolute atomic E-state index is 0.246. The van der Waals surface area contributed by atoms with Crippen LogP contribution in [0.3, 0.4) is 0 Å². The summed E-state index contributed by atoms with van der Waals surface area (Å²) >= 11 is 0. The normalized spacial score (nSPS) is 24.9. The lowest BCUT2D eigenvalue weighted by atomic mass is 9.89. The highest BCUT2D eigenvalue weighted by Crippen LogP contribution is 2.42. The number of nitrogens with zero attached hydrogens (tertiary/aromatic N) is 2. The molecule has 0 amide bonds. The van der Waals surface area contributed by atoms with E-state index in [4.69, 9.17) is 15.2 Å². The summed E-state index contributed by atoms with van der Waals surface area (Å²) < 4.78 is 10.9. The van der Waals surface area contributed by atoms with Crippen LogP contribution in [0.15, 0.2) is 23.2 Å². The second kappa shape index (κ2) is 5.13. The average Bonchev–Trinajstić information content (AvgIpc) is 3.28. The van der Waals surface area contributed by atoms with Crippen LogP contribution in [0, 0.1) is 5.92 Å². The molecule has 1 aromatic carbocycles. The van der Waals surface area contributed by atoms with E-state index in [0.717, 1.165) is 29.5 Å². The lowest BCUT2D eigenvalue weighted by Gasteiger charge is -2.37. The van der Waals surface area contributed by atoms with Gasteiger partial charge in [-0.05, 0) is 37.8 Å². The average molecular weight is 289 g/mol. The minimum atomic E-state index is -0.246. The maximum absolute atomic E-state index is 6.13. The molecule has 2 aliphatic rings. The van der Waals surface area contributed by atoms with Gasteiger partial charge in [0, 0.05) is 18.2 Å². The molecule has 0 saturated heterocycles. The molecule has 1 heterocycles. The van der Waals surface area contributed by atoms with Gasteiger partial charge in [-0.3, -0.25) is 4.99 Å². The molecular weight excluding hydrogens is 266 g/mol. The van der Waals surface area contributed by atoms with Crippen molar-refractivity contribution in [3.05, 3.63) is 23.8 Å². The van der Waals surface area contributed by atoms with Crippen LogP contribution >= 0.6 is 0 Å². The Balaban J connectivity index is 1.97. The van der Waals surface area contributed by atoms with Crippen molar-refractivity contribution in [2.45, 2.75) is 25.3 Å². The highest BCUT2D eigenvalue weighted by molar-refractivity contribution is 5.81. The molecule has 0 aromatic heterocycles. The molecule has 1 saturated carbocycles. The zero-order chi connectivity index (χ0) is 15.0. The second-order valence-electron chi connectivity index (χ2n) is 6.07. The van der Waals surface area contributed by atoms with E-state index in [2.05, 4.69) is 22.9 Å². The molecule has 1 fully saturated rings. The van der Waals surface area contributed by atoms with E-state index in [1.807, 2.05) is 12.1 Å². The molecule has 1 aliphatic heterocycles. The van der Waals surface area contributed by atoms with Gasteiger partial charge in [0.25, 0.3) is 0 Å². The van der Waals surface area contributed by atoms with Crippen LogP contribution in [0.5, 0.6) is 11.5 Å². The summed E-state index contributed by atoms with van der Waals surface area (Å²) in [6, 6.07) is 5.95. The van der Waals surface area contributed by atoms with Crippen molar-refractivity contribution in [3.8, 4) is 11.5 Å². The summed E-state index contributed by atoms with van der Waals surface area (Å²) in [6.45, 7) is 3.82. The van der Waals surface area contributed by atoms with Crippen molar-refractivity contribution in [2.24, 2.45) is 16.6 Å². The fraction of sp³-hybridized carbons (Fsp3) is 0.562. The summed E-state index contributed by atoms with van der Waals surface area (Å²) in [4.78, 5) is 6.71. The Kier molecular flexibility index (Phi) is 3.43. The molecular formula is C16H23N3O2. The van der Waals surface area contributed by atoms with Gasteiger partial charge >= 0.3 is 0 Å². The Hall–Kier alpha value is -1.91. The van der Waals surface area contributed by atoms with Crippen LogP contribution in [-0.4, -0.2) is 38.2 Å². The van der Waals surface area contributed by atoms with Crippen LogP contribution in [0.2, 0.25) is 0 Å². The number of aliphatic imine (C=N–C) groups is 1. The van der Waals surface area contributed by atoms with Gasteiger partial charge in [-0.15, -0.1) is 0 Å². The number of rotatable bonds is 5. The standard InChI is InChI=1S/C16H23N3O2/c1-16(10-18-15(17)19(16)9-11-4-5-11)13-7-6-12(20-2)8-14(13)21-3/h6-8,11H,4-5,9-10H2,1-3H3,(H2,17,18). The van der Waals surface area contributed by atoms with Crippen LogP contribution < -0.4 is 15.2 Å². The van der Waals surface area contributed by atoms with E-state index in [0.29, 0.717) is 12.5 Å². The van der Waals surface area contributed by atoms with E-state index >= 15 is 0 Å². The molecule has 1 atom stereocenters. The maximum Gasteiger partial charge on any atom is 0.192 e. The Labute approximate surface area is 125 Å². The van der Waals surface area contributed by atoms with Crippen molar-refractivity contribution in [1.29, 1.82) is 0 Å². The zero-order valence-corrected chi connectivity index (χ0v) is 12.9. The first-order valence-corrected chi connectivity index (χ1v) is 7.38. The molecule has 3 rings (SSSR count). The molecule has 114 valence electrons. The monoisotopic (exact) mass is 289 g/mol. The second-order valence-corrected chi connectivity index (χ2v) is 6.07. The highest BCUT2D eigenvalue weighted by atomic mass is 16.5. The molecule has 0 radical (unpaired) electrons. The van der Waals surface area contributed by atoms with Gasteiger partial charge < -0.3 is 20.1 Å². The summed E-state index contributed by atoms with van der Waals surface area (Å²) in [5, 5.41) is 0. The van der Waals surface area contributed by atoms with Gasteiger partial charge in [0.15, 0.2) is 5.96 Å². The smallest absolute Gasteiger partial charge is 0.192 e. The molecule has 21 heavy (non-hydrogen) atoms. The van der Waals surface area contributed by atoms with Gasteiger partial charge in [-0.1, -0.05) is 0 Å². The number of hydrogen-bond donors (Lipinski definition) is 1. The van der Waals surface area contributed by atoms with Crippen molar-refractivity contribution in [3.63, 3.8) is 0 Å². The number of guanidine groups is 1. The molecule has 1 aromatic rings. The molecule has 0 bridgehead atoms. The predicted octanol–water partition coefficient (Wildman–Crippen LogP) is 1.96. The highest BCUT2D eigenvalue weighted by Gasteiger charge is 2.43. The zero-order valence-electron chi connectivity index (χ0n) is 12.9. The van der Waals surface area contributed by atoms with Gasteiger partial charge in [0.05, 0.1) is 26.3 Å². The Morgan fingerprint density at radius 3 is 2.71 bits per heavy atom. The fourth-order valence-electron chi connectivity index (χ4n) is 2.99. The first-order chi connectivity index (χ1) is 10.1. The number of methoxy groups -OCH3 is 2. The van der Waals surface area contributed by atoms with Crippen molar-refractivity contribution < 1.29 is 9.47 Å². The van der Waals surface area contributed by atoms with E-state index < -0.39 is 0 Å². The quantitative estimate of drug-likeness (QED) is 0.900. The van der Waals surface area contributed by atoms with Crippen molar-refractivity contribution in [1.82, 2.24) is 4.90 Å². The Bertz CT molecular complexity index is 569. The molecule has 1 aliphatic carbocycles. The van der Waals surface area contributed by atoms with Crippen LogP contribution in [-0.2, 0) is 5.54 Å². The largest absolute Gasteiger partial charge is 0.497 e. The van der Waals surface area contributed by atoms with E-state index in [1.165, 1.54) is 12.8 Å². The first-order valence-electron chi connectivity index (χ1n) is 7.38. The van der Waals surface area contributed by atoms with Crippen molar-refractivity contribution >= 4 is 5.96 Å². The molecule has 2 N–H and O–H groups in total. The van der Waals surface area contributed by atoms with Crippen LogP contribution in [0.4, 0.5) is 0 Å². The summed E-state index contributed by atoms with van der Waals surface area (Å²) in [5.41, 5.74) is 6.99.